The second-order valence-corrected chi connectivity index (χ2v) is 5.96. The number of piperidine rings is 1. The number of ether oxygens (including phenoxy) is 1. The molecule has 19 heavy (non-hydrogen) atoms. The van der Waals surface area contributed by atoms with Crippen LogP contribution in [0.15, 0.2) is 0 Å². The van der Waals surface area contributed by atoms with Crippen LogP contribution in [0, 0.1) is 5.92 Å². The van der Waals surface area contributed by atoms with Gasteiger partial charge >= 0.3 is 0 Å². The molecule has 2 unspecified atom stereocenters. The van der Waals surface area contributed by atoms with E-state index in [9.17, 15) is 0 Å². The maximum absolute atomic E-state index is 5.58. The van der Waals surface area contributed by atoms with Gasteiger partial charge in [0.1, 0.15) is 0 Å². The Morgan fingerprint density at radius 2 is 2.00 bits per heavy atom. The second kappa shape index (κ2) is 10.6. The van der Waals surface area contributed by atoms with Gasteiger partial charge in [0.25, 0.3) is 0 Å². The first-order chi connectivity index (χ1) is 9.26. The van der Waals surface area contributed by atoms with Crippen molar-refractivity contribution in [3.8, 4) is 0 Å². The Kier molecular flexibility index (Phi) is 9.43. The molecular weight excluding hydrogens is 238 g/mol. The third-order valence-corrected chi connectivity index (χ3v) is 3.90. The van der Waals surface area contributed by atoms with E-state index in [1.54, 1.807) is 7.11 Å². The van der Waals surface area contributed by atoms with Crippen LogP contribution >= 0.6 is 0 Å². The quantitative estimate of drug-likeness (QED) is 0.631. The Labute approximate surface area is 119 Å². The normalized spacial score (nSPS) is 20.4. The van der Waals surface area contributed by atoms with Crippen LogP contribution in [0.3, 0.4) is 0 Å². The van der Waals surface area contributed by atoms with Gasteiger partial charge in [-0.3, -0.25) is 0 Å². The van der Waals surface area contributed by atoms with Crippen LogP contribution in [-0.2, 0) is 4.74 Å². The summed E-state index contributed by atoms with van der Waals surface area (Å²) in [5.74, 6) is 0.704. The van der Waals surface area contributed by atoms with Crippen molar-refractivity contribution in [1.82, 2.24) is 10.2 Å². The van der Waals surface area contributed by atoms with Crippen LogP contribution in [0.5, 0.6) is 0 Å². The largest absolute Gasteiger partial charge is 0.383 e. The fraction of sp³-hybridized carbons (Fsp3) is 1.00. The molecule has 0 aliphatic carbocycles. The summed E-state index contributed by atoms with van der Waals surface area (Å²) in [5.41, 5.74) is 5.58. The molecule has 0 amide bonds. The van der Waals surface area contributed by atoms with Crippen molar-refractivity contribution in [2.75, 3.05) is 46.4 Å². The fourth-order valence-corrected chi connectivity index (χ4v) is 2.82. The number of hydrogen-bond donors (Lipinski definition) is 2. The number of rotatable bonds is 10. The predicted octanol–water partition coefficient (Wildman–Crippen LogP) is 1.45. The first kappa shape index (κ1) is 16.9. The highest BCUT2D eigenvalue weighted by Crippen LogP contribution is 2.10. The zero-order chi connectivity index (χ0) is 13.9. The monoisotopic (exact) mass is 271 g/mol. The molecule has 4 heteroatoms. The van der Waals surface area contributed by atoms with Gasteiger partial charge in [-0.15, -0.1) is 0 Å². The molecule has 1 aliphatic heterocycles. The topological polar surface area (TPSA) is 50.5 Å². The molecule has 0 aromatic rings. The van der Waals surface area contributed by atoms with Crippen molar-refractivity contribution in [2.24, 2.45) is 11.7 Å². The van der Waals surface area contributed by atoms with Crippen LogP contribution in [0.25, 0.3) is 0 Å². The molecule has 1 fully saturated rings. The fourth-order valence-electron chi connectivity index (χ4n) is 2.82. The van der Waals surface area contributed by atoms with Gasteiger partial charge in [0.2, 0.25) is 0 Å². The highest BCUT2D eigenvalue weighted by atomic mass is 16.5. The molecule has 114 valence electrons. The number of likely N-dealkylation sites (tertiary alicyclic amines) is 1. The third-order valence-electron chi connectivity index (χ3n) is 3.90. The molecule has 1 aliphatic rings. The number of nitrogens with one attached hydrogen (secondary N) is 1. The molecule has 0 radical (unpaired) electrons. The van der Waals surface area contributed by atoms with Crippen LogP contribution < -0.4 is 11.1 Å². The van der Waals surface area contributed by atoms with Gasteiger partial charge in [-0.25, -0.2) is 0 Å². The Bertz CT molecular complexity index is 208. The van der Waals surface area contributed by atoms with Gasteiger partial charge in [0, 0.05) is 19.7 Å². The van der Waals surface area contributed by atoms with E-state index in [0.717, 1.165) is 32.5 Å². The van der Waals surface area contributed by atoms with Crippen LogP contribution in [0.4, 0.5) is 0 Å². The summed E-state index contributed by atoms with van der Waals surface area (Å²) in [6, 6.07) is 0.456. The molecule has 1 heterocycles. The van der Waals surface area contributed by atoms with Gasteiger partial charge in [-0.2, -0.15) is 0 Å². The molecular formula is C15H33N3O. The van der Waals surface area contributed by atoms with Gasteiger partial charge in [-0.05, 0) is 57.8 Å². The highest BCUT2D eigenvalue weighted by Gasteiger charge is 2.14. The van der Waals surface area contributed by atoms with Gasteiger partial charge < -0.3 is 20.7 Å². The molecule has 0 bridgehead atoms. The minimum atomic E-state index is 0.456. The highest BCUT2D eigenvalue weighted by molar-refractivity contribution is 4.72. The molecule has 3 N–H and O–H groups in total. The summed E-state index contributed by atoms with van der Waals surface area (Å²) in [7, 11) is 1.77. The number of nitrogens with zero attached hydrogens (tertiary/aromatic N) is 1. The lowest BCUT2D eigenvalue weighted by Gasteiger charge is -2.30. The van der Waals surface area contributed by atoms with Crippen molar-refractivity contribution in [1.29, 1.82) is 0 Å². The van der Waals surface area contributed by atoms with E-state index in [-0.39, 0.29) is 0 Å². The summed E-state index contributed by atoms with van der Waals surface area (Å²) in [6.45, 7) is 8.78. The summed E-state index contributed by atoms with van der Waals surface area (Å²) in [6.07, 6.45) is 6.35. The first-order valence-corrected chi connectivity index (χ1v) is 7.91. The number of nitrogens with two attached hydrogens (primary N) is 1. The zero-order valence-electron chi connectivity index (χ0n) is 12.9. The van der Waals surface area contributed by atoms with Crippen molar-refractivity contribution in [3.05, 3.63) is 0 Å². The maximum Gasteiger partial charge on any atom is 0.0615 e. The summed E-state index contributed by atoms with van der Waals surface area (Å²) >= 11 is 0. The van der Waals surface area contributed by atoms with Gasteiger partial charge in [0.15, 0.2) is 0 Å². The van der Waals surface area contributed by atoms with E-state index in [1.807, 2.05) is 0 Å². The summed E-state index contributed by atoms with van der Waals surface area (Å²) in [5, 5.41) is 3.64. The molecule has 1 saturated heterocycles. The number of hydrogen-bond acceptors (Lipinski definition) is 4. The van der Waals surface area contributed by atoms with Crippen LogP contribution in [0.2, 0.25) is 0 Å². The Hall–Kier alpha value is -0.160. The Morgan fingerprint density at radius 3 is 2.63 bits per heavy atom. The van der Waals surface area contributed by atoms with Crippen molar-refractivity contribution in [3.63, 3.8) is 0 Å². The molecule has 0 aromatic carbocycles. The third kappa shape index (κ3) is 7.88. The molecule has 0 saturated carbocycles. The lowest BCUT2D eigenvalue weighted by atomic mass is 10.1. The average molecular weight is 271 g/mol. The first-order valence-electron chi connectivity index (χ1n) is 7.91. The van der Waals surface area contributed by atoms with Crippen LogP contribution in [-0.4, -0.2) is 57.4 Å². The molecule has 0 aromatic heterocycles. The molecule has 1 rings (SSSR count). The van der Waals surface area contributed by atoms with Crippen molar-refractivity contribution in [2.45, 2.75) is 45.1 Å². The molecule has 4 nitrogen and oxygen atoms in total. The smallest absolute Gasteiger partial charge is 0.0615 e. The van der Waals surface area contributed by atoms with Crippen molar-refractivity contribution < 1.29 is 4.74 Å². The lowest BCUT2D eigenvalue weighted by Crippen LogP contribution is -2.41. The minimum Gasteiger partial charge on any atom is -0.383 e. The predicted molar refractivity (Wildman–Crippen MR) is 81.4 cm³/mol. The Morgan fingerprint density at radius 1 is 1.26 bits per heavy atom. The maximum atomic E-state index is 5.58. The standard InChI is InChI=1S/C15H33N3O/c1-14(12-18-9-4-3-5-10-18)11-17-15(13-19-2)7-6-8-16/h14-15,17H,3-13,16H2,1-2H3. The summed E-state index contributed by atoms with van der Waals surface area (Å²) in [4.78, 5) is 2.61. The van der Waals surface area contributed by atoms with Crippen LogP contribution in [0.1, 0.15) is 39.0 Å². The summed E-state index contributed by atoms with van der Waals surface area (Å²) < 4.78 is 5.27. The second-order valence-electron chi connectivity index (χ2n) is 5.96. The lowest BCUT2D eigenvalue weighted by molar-refractivity contribution is 0.154. The van der Waals surface area contributed by atoms with Crippen molar-refractivity contribution >= 4 is 0 Å². The van der Waals surface area contributed by atoms with E-state index in [1.165, 1.54) is 38.9 Å². The van der Waals surface area contributed by atoms with E-state index in [4.69, 9.17) is 10.5 Å². The van der Waals surface area contributed by atoms with Gasteiger partial charge in [-0.1, -0.05) is 13.3 Å². The van der Waals surface area contributed by atoms with E-state index in [0.29, 0.717) is 12.0 Å². The minimum absolute atomic E-state index is 0.456. The van der Waals surface area contributed by atoms with Gasteiger partial charge in [0.05, 0.1) is 6.61 Å². The average Bonchev–Trinajstić information content (AvgIpc) is 2.43. The molecule has 2 atom stereocenters. The van der Waals surface area contributed by atoms with E-state index >= 15 is 0 Å². The SMILES string of the molecule is COCC(CCCN)NCC(C)CN1CCCCC1. The molecule has 0 spiro atoms. The number of methoxy groups -OCH3 is 1. The zero-order valence-corrected chi connectivity index (χ0v) is 12.9. The Balaban J connectivity index is 2.16. The van der Waals surface area contributed by atoms with E-state index in [2.05, 4.69) is 17.1 Å². The van der Waals surface area contributed by atoms with E-state index < -0.39 is 0 Å².